The highest BCUT2D eigenvalue weighted by atomic mass is 32.2. The third-order valence-corrected chi connectivity index (χ3v) is 6.65. The summed E-state index contributed by atoms with van der Waals surface area (Å²) in [6.07, 6.45) is 2.47. The number of hydrogen-bond acceptors (Lipinski definition) is 4. The van der Waals surface area contributed by atoms with Crippen LogP contribution in [0.1, 0.15) is 35.5 Å². The van der Waals surface area contributed by atoms with Gasteiger partial charge in [-0.2, -0.15) is 0 Å². The Balaban J connectivity index is 1.62. The summed E-state index contributed by atoms with van der Waals surface area (Å²) in [6.45, 7) is 3.82. The van der Waals surface area contributed by atoms with E-state index in [9.17, 15) is 18.0 Å². The summed E-state index contributed by atoms with van der Waals surface area (Å²) in [5.41, 5.74) is 3.89. The number of anilines is 2. The molecule has 0 radical (unpaired) electrons. The number of aromatic amines is 1. The molecule has 0 fully saturated rings. The van der Waals surface area contributed by atoms with Gasteiger partial charge in [0.2, 0.25) is 10.0 Å². The van der Waals surface area contributed by atoms with Gasteiger partial charge in [-0.3, -0.25) is 13.9 Å². The zero-order chi connectivity index (χ0) is 21.6. The van der Waals surface area contributed by atoms with Crippen LogP contribution < -0.4 is 15.1 Å². The van der Waals surface area contributed by atoms with Crippen LogP contribution in [0, 0.1) is 0 Å². The number of rotatable bonds is 4. The van der Waals surface area contributed by atoms with Crippen LogP contribution in [0.4, 0.5) is 11.4 Å². The van der Waals surface area contributed by atoms with Crippen LogP contribution in [-0.2, 0) is 22.9 Å². The van der Waals surface area contributed by atoms with Crippen LogP contribution >= 0.6 is 0 Å². The molecule has 0 bridgehead atoms. The maximum Gasteiger partial charge on any atom is 0.255 e. The molecule has 2 heterocycles. The van der Waals surface area contributed by atoms with E-state index in [-0.39, 0.29) is 17.4 Å². The van der Waals surface area contributed by atoms with Gasteiger partial charge in [0.15, 0.2) is 5.43 Å². The molecule has 0 saturated heterocycles. The lowest BCUT2D eigenvalue weighted by molar-refractivity contribution is 0.102. The zero-order valence-corrected chi connectivity index (χ0v) is 17.8. The van der Waals surface area contributed by atoms with E-state index in [0.29, 0.717) is 28.7 Å². The number of H-pyrrole nitrogens is 1. The number of benzene rings is 2. The predicted octanol–water partition coefficient (Wildman–Crippen LogP) is 3.05. The number of hydrogen-bond donors (Lipinski definition) is 2. The number of aryl methyl sites for hydroxylation is 1. The van der Waals surface area contributed by atoms with Gasteiger partial charge in [-0.1, -0.05) is 6.92 Å². The van der Waals surface area contributed by atoms with Crippen LogP contribution in [-0.4, -0.2) is 31.6 Å². The summed E-state index contributed by atoms with van der Waals surface area (Å²) in [5.74, 6) is -0.316. The molecule has 1 aliphatic rings. The van der Waals surface area contributed by atoms with Crippen LogP contribution in [0.3, 0.4) is 0 Å². The van der Waals surface area contributed by atoms with Crippen LogP contribution in [0.15, 0.2) is 47.3 Å². The lowest BCUT2D eigenvalue weighted by Crippen LogP contribution is -2.34. The Kier molecular flexibility index (Phi) is 4.89. The molecule has 3 aromatic rings. The fraction of sp³-hybridized carbons (Fsp3) is 0.273. The fourth-order valence-corrected chi connectivity index (χ4v) is 5.29. The second kappa shape index (κ2) is 7.28. The standard InChI is InChI=1S/C22H23N3O4S/c1-4-16-12-21(26)18-11-17(6-7-19(18)23-16)24-22(27)14-5-8-20-15(10-14)9-13(2)25(20)30(3,28)29/h5-8,10-13H,4,9H2,1-3H3,(H,23,26)(H,24,27). The Hall–Kier alpha value is -3.13. The first kappa shape index (κ1) is 20.2. The van der Waals surface area contributed by atoms with Gasteiger partial charge in [0, 0.05) is 40.0 Å². The molecule has 4 rings (SSSR count). The molecule has 2 N–H and O–H groups in total. The van der Waals surface area contributed by atoms with Gasteiger partial charge in [-0.15, -0.1) is 0 Å². The minimum atomic E-state index is -3.38. The van der Waals surface area contributed by atoms with Crippen molar-refractivity contribution in [1.82, 2.24) is 4.98 Å². The molecule has 30 heavy (non-hydrogen) atoms. The van der Waals surface area contributed by atoms with Gasteiger partial charge < -0.3 is 10.3 Å². The number of fused-ring (bicyclic) bond motifs is 2. The van der Waals surface area contributed by atoms with Crippen molar-refractivity contribution in [3.63, 3.8) is 0 Å². The SMILES string of the molecule is CCc1cc(=O)c2cc(NC(=O)c3ccc4c(c3)CC(C)N4S(C)(=O)=O)ccc2[nH]1. The van der Waals surface area contributed by atoms with Gasteiger partial charge in [0.05, 0.1) is 11.9 Å². The van der Waals surface area contributed by atoms with Crippen LogP contribution in [0.5, 0.6) is 0 Å². The van der Waals surface area contributed by atoms with Crippen molar-refractivity contribution in [1.29, 1.82) is 0 Å². The quantitative estimate of drug-likeness (QED) is 0.671. The minimum absolute atomic E-state index is 0.0934. The van der Waals surface area contributed by atoms with Crippen molar-refractivity contribution in [2.45, 2.75) is 32.7 Å². The van der Waals surface area contributed by atoms with Crippen molar-refractivity contribution in [2.24, 2.45) is 0 Å². The third kappa shape index (κ3) is 3.59. The Morgan fingerprint density at radius 1 is 1.20 bits per heavy atom. The lowest BCUT2D eigenvalue weighted by Gasteiger charge is -2.21. The van der Waals surface area contributed by atoms with Crippen molar-refractivity contribution >= 4 is 38.2 Å². The summed E-state index contributed by atoms with van der Waals surface area (Å²) in [7, 11) is -3.38. The molecule has 1 atom stereocenters. The highest BCUT2D eigenvalue weighted by Crippen LogP contribution is 2.34. The van der Waals surface area contributed by atoms with Gasteiger partial charge in [0.1, 0.15) is 0 Å². The van der Waals surface area contributed by atoms with E-state index in [1.165, 1.54) is 10.6 Å². The summed E-state index contributed by atoms with van der Waals surface area (Å²) in [6, 6.07) is 11.6. The number of carbonyl (C=O) groups is 1. The Morgan fingerprint density at radius 2 is 1.97 bits per heavy atom. The van der Waals surface area contributed by atoms with E-state index in [4.69, 9.17) is 0 Å². The number of sulfonamides is 1. The van der Waals surface area contributed by atoms with Crippen LogP contribution in [0.2, 0.25) is 0 Å². The smallest absolute Gasteiger partial charge is 0.255 e. The summed E-state index contributed by atoms with van der Waals surface area (Å²) in [4.78, 5) is 28.3. The highest BCUT2D eigenvalue weighted by molar-refractivity contribution is 7.92. The molecule has 2 aromatic carbocycles. The average Bonchev–Trinajstić information content (AvgIpc) is 3.03. The number of amides is 1. The molecule has 0 spiro atoms. The number of carbonyl (C=O) groups excluding carboxylic acids is 1. The number of nitrogens with zero attached hydrogens (tertiary/aromatic N) is 1. The maximum atomic E-state index is 12.8. The van der Waals surface area contributed by atoms with Gasteiger partial charge in [-0.05, 0) is 61.7 Å². The lowest BCUT2D eigenvalue weighted by atomic mass is 10.1. The third-order valence-electron chi connectivity index (χ3n) is 5.38. The van der Waals surface area contributed by atoms with Crippen molar-refractivity contribution in [3.05, 3.63) is 69.5 Å². The monoisotopic (exact) mass is 425 g/mol. The second-order valence-electron chi connectivity index (χ2n) is 7.68. The fourth-order valence-electron chi connectivity index (χ4n) is 4.02. The van der Waals surface area contributed by atoms with E-state index in [2.05, 4.69) is 10.3 Å². The molecule has 1 aromatic heterocycles. The Bertz CT molecular complexity index is 1330. The molecule has 8 heteroatoms. The second-order valence-corrected chi connectivity index (χ2v) is 9.54. The first-order chi connectivity index (χ1) is 14.2. The van der Waals surface area contributed by atoms with Gasteiger partial charge >= 0.3 is 0 Å². The first-order valence-electron chi connectivity index (χ1n) is 9.77. The molecule has 0 saturated carbocycles. The predicted molar refractivity (Wildman–Crippen MR) is 119 cm³/mol. The molecule has 1 aliphatic heterocycles. The molecule has 0 aliphatic carbocycles. The summed E-state index contributed by atoms with van der Waals surface area (Å²) < 4.78 is 25.5. The molecule has 1 amide bonds. The summed E-state index contributed by atoms with van der Waals surface area (Å²) >= 11 is 0. The Labute approximate surface area is 174 Å². The molecule has 7 nitrogen and oxygen atoms in total. The molecular formula is C22H23N3O4S. The first-order valence-corrected chi connectivity index (χ1v) is 11.6. The largest absolute Gasteiger partial charge is 0.358 e. The molecule has 156 valence electrons. The minimum Gasteiger partial charge on any atom is -0.358 e. The molecule has 1 unspecified atom stereocenters. The normalized spacial score (nSPS) is 16.0. The average molecular weight is 426 g/mol. The maximum absolute atomic E-state index is 12.8. The van der Waals surface area contributed by atoms with Gasteiger partial charge in [-0.25, -0.2) is 8.42 Å². The van der Waals surface area contributed by atoms with E-state index in [0.717, 1.165) is 23.2 Å². The van der Waals surface area contributed by atoms with Crippen LogP contribution in [0.25, 0.3) is 10.9 Å². The van der Waals surface area contributed by atoms with Crippen molar-refractivity contribution in [2.75, 3.05) is 15.9 Å². The van der Waals surface area contributed by atoms with Crippen molar-refractivity contribution < 1.29 is 13.2 Å². The summed E-state index contributed by atoms with van der Waals surface area (Å²) in [5, 5.41) is 3.34. The zero-order valence-electron chi connectivity index (χ0n) is 17.0. The topological polar surface area (TPSA) is 99.3 Å². The van der Waals surface area contributed by atoms with E-state index < -0.39 is 10.0 Å². The number of pyridine rings is 1. The number of nitrogens with one attached hydrogen (secondary N) is 2. The van der Waals surface area contributed by atoms with E-state index in [1.807, 2.05) is 13.8 Å². The number of aromatic nitrogens is 1. The van der Waals surface area contributed by atoms with Crippen molar-refractivity contribution in [3.8, 4) is 0 Å². The van der Waals surface area contributed by atoms with E-state index >= 15 is 0 Å². The van der Waals surface area contributed by atoms with Gasteiger partial charge in [0.25, 0.3) is 5.91 Å². The highest BCUT2D eigenvalue weighted by Gasteiger charge is 2.32. The van der Waals surface area contributed by atoms with E-state index in [1.54, 1.807) is 42.5 Å². The molecular weight excluding hydrogens is 402 g/mol. The Morgan fingerprint density at radius 3 is 2.67 bits per heavy atom.